The van der Waals surface area contributed by atoms with Gasteiger partial charge in [0.15, 0.2) is 0 Å². The molecule has 0 radical (unpaired) electrons. The lowest BCUT2D eigenvalue weighted by molar-refractivity contribution is -0.141. The van der Waals surface area contributed by atoms with Crippen molar-refractivity contribution in [3.63, 3.8) is 0 Å². The summed E-state index contributed by atoms with van der Waals surface area (Å²) < 4.78 is 43.2. The number of carbonyl (C=O) groups is 1. The molecule has 134 valence electrons. The highest BCUT2D eigenvalue weighted by molar-refractivity contribution is 5.68. The smallest absolute Gasteiger partial charge is 0.433 e. The number of ether oxygens (including phenoxy) is 1. The minimum absolute atomic E-state index is 0.0465. The topological polar surface area (TPSA) is 54.5 Å². The van der Waals surface area contributed by atoms with Gasteiger partial charge in [-0.15, -0.1) is 0 Å². The third-order valence-electron chi connectivity index (χ3n) is 3.60. The van der Waals surface area contributed by atoms with Gasteiger partial charge in [0.1, 0.15) is 11.3 Å². The summed E-state index contributed by atoms with van der Waals surface area (Å²) in [6.45, 7) is 7.98. The van der Waals surface area contributed by atoms with Crippen molar-refractivity contribution in [3.05, 3.63) is 23.5 Å². The number of halogens is 3. The van der Waals surface area contributed by atoms with Gasteiger partial charge in [-0.25, -0.2) is 9.78 Å². The number of anilines is 1. The maximum Gasteiger partial charge on any atom is 0.433 e. The molecular formula is C16H22F3N3O2. The Morgan fingerprint density at radius 3 is 2.58 bits per heavy atom. The third kappa shape index (κ3) is 4.75. The second-order valence-electron chi connectivity index (χ2n) is 6.94. The molecule has 0 aromatic carbocycles. The van der Waals surface area contributed by atoms with Crippen molar-refractivity contribution >= 4 is 11.8 Å². The lowest BCUT2D eigenvalue weighted by atomic mass is 10.2. The first-order valence-electron chi connectivity index (χ1n) is 7.74. The van der Waals surface area contributed by atoms with Gasteiger partial charge in [-0.3, -0.25) is 0 Å². The van der Waals surface area contributed by atoms with E-state index in [9.17, 15) is 18.0 Å². The molecular weight excluding hydrogens is 323 g/mol. The minimum Gasteiger partial charge on any atom is -0.444 e. The lowest BCUT2D eigenvalue weighted by Gasteiger charge is -2.24. The maximum atomic E-state index is 12.6. The zero-order valence-corrected chi connectivity index (χ0v) is 14.2. The van der Waals surface area contributed by atoms with Gasteiger partial charge in [-0.2, -0.15) is 13.2 Å². The second-order valence-corrected chi connectivity index (χ2v) is 6.94. The Bertz CT molecular complexity index is 612. The zero-order chi connectivity index (χ0) is 18.1. The van der Waals surface area contributed by atoms with Crippen LogP contribution < -0.4 is 5.32 Å². The van der Waals surface area contributed by atoms with E-state index in [-0.39, 0.29) is 12.1 Å². The Morgan fingerprint density at radius 2 is 2.04 bits per heavy atom. The number of carbonyl (C=O) groups excluding carboxylic acids is 1. The maximum absolute atomic E-state index is 12.6. The van der Waals surface area contributed by atoms with Crippen molar-refractivity contribution in [1.29, 1.82) is 0 Å². The highest BCUT2D eigenvalue weighted by Gasteiger charge is 2.33. The number of aryl methyl sites for hydroxylation is 1. The summed E-state index contributed by atoms with van der Waals surface area (Å²) in [7, 11) is 0. The monoisotopic (exact) mass is 345 g/mol. The molecule has 1 N–H and O–H groups in total. The molecule has 2 rings (SSSR count). The molecule has 1 atom stereocenters. The van der Waals surface area contributed by atoms with Crippen molar-refractivity contribution < 1.29 is 22.7 Å². The number of rotatable bonds is 2. The number of nitrogens with zero attached hydrogens (tertiary/aromatic N) is 2. The molecule has 2 heterocycles. The van der Waals surface area contributed by atoms with Crippen LogP contribution in [0.1, 0.15) is 38.4 Å². The highest BCUT2D eigenvalue weighted by Crippen LogP contribution is 2.30. The number of hydrogen-bond acceptors (Lipinski definition) is 4. The van der Waals surface area contributed by atoms with Crippen molar-refractivity contribution in [2.75, 3.05) is 18.4 Å². The Labute approximate surface area is 139 Å². The number of alkyl halides is 3. The van der Waals surface area contributed by atoms with Crippen LogP contribution >= 0.6 is 0 Å². The lowest BCUT2D eigenvalue weighted by Crippen LogP contribution is -2.36. The average Bonchev–Trinajstić information content (AvgIpc) is 2.86. The predicted octanol–water partition coefficient (Wildman–Crippen LogP) is 3.83. The van der Waals surface area contributed by atoms with Gasteiger partial charge in [-0.05, 0) is 45.7 Å². The molecule has 1 saturated heterocycles. The molecule has 8 heteroatoms. The quantitative estimate of drug-likeness (QED) is 0.885. The predicted molar refractivity (Wildman–Crippen MR) is 83.8 cm³/mol. The fourth-order valence-corrected chi connectivity index (χ4v) is 2.45. The summed E-state index contributed by atoms with van der Waals surface area (Å²) in [6, 6.07) is 0.970. The molecule has 1 aromatic rings. The fraction of sp³-hybridized carbons (Fsp3) is 0.625. The van der Waals surface area contributed by atoms with Crippen molar-refractivity contribution in [1.82, 2.24) is 9.88 Å². The Kier molecular flexibility index (Phi) is 4.96. The van der Waals surface area contributed by atoms with Gasteiger partial charge in [0.25, 0.3) is 0 Å². The van der Waals surface area contributed by atoms with E-state index in [2.05, 4.69) is 10.3 Å². The standard InChI is InChI=1S/C16H22F3N3O2/c1-10-7-13(16(17,18)19)20-8-12(10)21-11-5-6-22(9-11)14(23)24-15(2,3)4/h7-8,11,21H,5-6,9H2,1-4H3/t11-/m0/s1. The molecule has 1 aliphatic rings. The van der Waals surface area contributed by atoms with E-state index >= 15 is 0 Å². The highest BCUT2D eigenvalue weighted by atomic mass is 19.4. The van der Waals surface area contributed by atoms with Crippen LogP contribution in [0.5, 0.6) is 0 Å². The van der Waals surface area contributed by atoms with Crippen LogP contribution in [0.15, 0.2) is 12.3 Å². The van der Waals surface area contributed by atoms with E-state index in [1.807, 2.05) is 0 Å². The SMILES string of the molecule is Cc1cc(C(F)(F)F)ncc1N[C@H]1CCN(C(=O)OC(C)(C)C)C1. The molecule has 5 nitrogen and oxygen atoms in total. The summed E-state index contributed by atoms with van der Waals surface area (Å²) in [5, 5.41) is 3.16. The number of aromatic nitrogens is 1. The molecule has 1 amide bonds. The number of likely N-dealkylation sites (tertiary alicyclic amines) is 1. The van der Waals surface area contributed by atoms with Crippen molar-refractivity contribution in [2.24, 2.45) is 0 Å². The largest absolute Gasteiger partial charge is 0.444 e. The van der Waals surface area contributed by atoms with Crippen LogP contribution in [0.25, 0.3) is 0 Å². The van der Waals surface area contributed by atoms with Crippen molar-refractivity contribution in [2.45, 2.75) is 51.9 Å². The summed E-state index contributed by atoms with van der Waals surface area (Å²) in [5.74, 6) is 0. The van der Waals surface area contributed by atoms with E-state index in [1.165, 1.54) is 6.20 Å². The van der Waals surface area contributed by atoms with E-state index < -0.39 is 17.5 Å². The van der Waals surface area contributed by atoms with Gasteiger partial charge in [0.2, 0.25) is 0 Å². The molecule has 1 fully saturated rings. The van der Waals surface area contributed by atoms with E-state index in [4.69, 9.17) is 4.74 Å². The molecule has 1 aromatic heterocycles. The normalized spacial score (nSPS) is 18.6. The molecule has 0 unspecified atom stereocenters. The van der Waals surface area contributed by atoms with E-state index in [1.54, 1.807) is 32.6 Å². The minimum atomic E-state index is -4.45. The van der Waals surface area contributed by atoms with Gasteiger partial charge in [0, 0.05) is 19.1 Å². The third-order valence-corrected chi connectivity index (χ3v) is 3.60. The van der Waals surface area contributed by atoms with Crippen LogP contribution in [0.3, 0.4) is 0 Å². The Balaban J connectivity index is 1.97. The summed E-state index contributed by atoms with van der Waals surface area (Å²) >= 11 is 0. The molecule has 0 saturated carbocycles. The fourth-order valence-electron chi connectivity index (χ4n) is 2.45. The van der Waals surface area contributed by atoms with Crippen LogP contribution in [-0.2, 0) is 10.9 Å². The number of amides is 1. The average molecular weight is 345 g/mol. The Hall–Kier alpha value is -1.99. The molecule has 0 aliphatic carbocycles. The Morgan fingerprint density at radius 1 is 1.38 bits per heavy atom. The van der Waals surface area contributed by atoms with Gasteiger partial charge >= 0.3 is 12.3 Å². The second kappa shape index (κ2) is 6.49. The van der Waals surface area contributed by atoms with Crippen molar-refractivity contribution in [3.8, 4) is 0 Å². The number of hydrogen-bond donors (Lipinski definition) is 1. The van der Waals surface area contributed by atoms with Crippen LogP contribution in [0.4, 0.5) is 23.7 Å². The van der Waals surface area contributed by atoms with Crippen LogP contribution in [0, 0.1) is 6.92 Å². The van der Waals surface area contributed by atoms with Gasteiger partial charge < -0.3 is 15.0 Å². The van der Waals surface area contributed by atoms with E-state index in [0.717, 1.165) is 6.07 Å². The number of pyridine rings is 1. The van der Waals surface area contributed by atoms with E-state index in [0.29, 0.717) is 30.8 Å². The first-order chi connectivity index (χ1) is 11.0. The van der Waals surface area contributed by atoms with Crippen LogP contribution in [0.2, 0.25) is 0 Å². The summed E-state index contributed by atoms with van der Waals surface area (Å²) in [5.41, 5.74) is -0.462. The first kappa shape index (κ1) is 18.4. The van der Waals surface area contributed by atoms with Crippen LogP contribution in [-0.4, -0.2) is 40.7 Å². The summed E-state index contributed by atoms with van der Waals surface area (Å²) in [4.78, 5) is 17.1. The van der Waals surface area contributed by atoms with Gasteiger partial charge in [0.05, 0.1) is 11.9 Å². The molecule has 1 aliphatic heterocycles. The summed E-state index contributed by atoms with van der Waals surface area (Å²) in [6.07, 6.45) is -2.95. The molecule has 0 bridgehead atoms. The zero-order valence-electron chi connectivity index (χ0n) is 14.2. The molecule has 24 heavy (non-hydrogen) atoms. The molecule has 0 spiro atoms. The van der Waals surface area contributed by atoms with Gasteiger partial charge in [-0.1, -0.05) is 0 Å². The number of nitrogens with one attached hydrogen (secondary N) is 1. The first-order valence-corrected chi connectivity index (χ1v) is 7.74.